The molecule has 0 unspecified atom stereocenters. The minimum Gasteiger partial charge on any atom is -0.493 e. The molecule has 0 aliphatic carbocycles. The molecule has 3 aromatic rings. The van der Waals surface area contributed by atoms with Crippen molar-refractivity contribution in [1.82, 2.24) is 4.90 Å². The van der Waals surface area contributed by atoms with Gasteiger partial charge in [-0.3, -0.25) is 14.5 Å². The summed E-state index contributed by atoms with van der Waals surface area (Å²) in [5, 5.41) is -0.0810. The lowest BCUT2D eigenvalue weighted by Crippen LogP contribution is -2.32. The SMILES string of the molecule is COc1cc(/C=C2\SC(=O)N(CCOc3cc(C)ccc3C(C)C)C2=O)cc(I)c1OCc1c(F)cccc1Cl. The number of aryl methyl sites for hydroxylation is 1. The molecule has 4 rings (SSSR count). The maximum absolute atomic E-state index is 14.2. The van der Waals surface area contributed by atoms with Crippen LogP contribution >= 0.6 is 46.0 Å². The Morgan fingerprint density at radius 3 is 2.58 bits per heavy atom. The summed E-state index contributed by atoms with van der Waals surface area (Å²) >= 11 is 9.08. The van der Waals surface area contributed by atoms with Crippen LogP contribution in [0.25, 0.3) is 6.08 Å². The molecule has 1 heterocycles. The lowest BCUT2D eigenvalue weighted by Gasteiger charge is -2.17. The number of carbonyl (C=O) groups excluding carboxylic acids is 2. The predicted molar refractivity (Wildman–Crippen MR) is 165 cm³/mol. The summed E-state index contributed by atoms with van der Waals surface area (Å²) in [6, 6.07) is 14.0. The molecule has 1 aliphatic rings. The Balaban J connectivity index is 1.46. The molecule has 0 bridgehead atoms. The number of thioether (sulfide) groups is 1. The fourth-order valence-corrected chi connectivity index (χ4v) is 5.98. The van der Waals surface area contributed by atoms with Crippen molar-refractivity contribution in [3.05, 3.63) is 90.1 Å². The minimum atomic E-state index is -0.460. The zero-order valence-electron chi connectivity index (χ0n) is 22.4. The van der Waals surface area contributed by atoms with Gasteiger partial charge in [0.05, 0.1) is 27.2 Å². The van der Waals surface area contributed by atoms with Gasteiger partial charge in [-0.25, -0.2) is 4.39 Å². The molecule has 0 spiro atoms. The van der Waals surface area contributed by atoms with Crippen LogP contribution in [0, 0.1) is 16.3 Å². The Kier molecular flexibility index (Phi) is 10.0. The quantitative estimate of drug-likeness (QED) is 0.157. The molecule has 1 saturated heterocycles. The lowest BCUT2D eigenvalue weighted by molar-refractivity contribution is -0.123. The molecular weight excluding hydrogens is 668 g/mol. The van der Waals surface area contributed by atoms with Gasteiger partial charge in [0.25, 0.3) is 11.1 Å². The van der Waals surface area contributed by atoms with E-state index < -0.39 is 5.82 Å². The van der Waals surface area contributed by atoms with E-state index in [0.717, 1.165) is 28.6 Å². The van der Waals surface area contributed by atoms with Crippen molar-refractivity contribution in [3.63, 3.8) is 0 Å². The van der Waals surface area contributed by atoms with Crippen LogP contribution in [0.1, 0.15) is 42.0 Å². The van der Waals surface area contributed by atoms with Crippen molar-refractivity contribution in [2.75, 3.05) is 20.3 Å². The molecule has 210 valence electrons. The van der Waals surface area contributed by atoms with Gasteiger partial charge in [-0.1, -0.05) is 43.6 Å². The van der Waals surface area contributed by atoms with Gasteiger partial charge < -0.3 is 14.2 Å². The molecule has 40 heavy (non-hydrogen) atoms. The summed E-state index contributed by atoms with van der Waals surface area (Å²) in [6.45, 7) is 6.42. The molecule has 1 fully saturated rings. The molecule has 0 atom stereocenters. The average molecular weight is 696 g/mol. The van der Waals surface area contributed by atoms with E-state index in [-0.39, 0.29) is 47.4 Å². The summed E-state index contributed by atoms with van der Waals surface area (Å²) in [5.41, 5.74) is 3.05. The summed E-state index contributed by atoms with van der Waals surface area (Å²) in [6.07, 6.45) is 1.64. The number of hydrogen-bond acceptors (Lipinski definition) is 6. The van der Waals surface area contributed by atoms with E-state index in [1.807, 2.05) is 25.1 Å². The van der Waals surface area contributed by atoms with Crippen molar-refractivity contribution in [2.24, 2.45) is 0 Å². The van der Waals surface area contributed by atoms with Gasteiger partial charge in [0.1, 0.15) is 24.8 Å². The Morgan fingerprint density at radius 1 is 1.10 bits per heavy atom. The van der Waals surface area contributed by atoms with Crippen LogP contribution in [0.4, 0.5) is 9.18 Å². The maximum Gasteiger partial charge on any atom is 0.293 e. The molecule has 0 saturated carbocycles. The van der Waals surface area contributed by atoms with Crippen molar-refractivity contribution in [3.8, 4) is 17.2 Å². The number of amides is 2. The number of methoxy groups -OCH3 is 1. The maximum atomic E-state index is 14.2. The highest BCUT2D eigenvalue weighted by Crippen LogP contribution is 2.38. The van der Waals surface area contributed by atoms with E-state index in [1.54, 1.807) is 24.3 Å². The van der Waals surface area contributed by atoms with Crippen LogP contribution in [-0.4, -0.2) is 36.3 Å². The topological polar surface area (TPSA) is 65.1 Å². The van der Waals surface area contributed by atoms with E-state index in [0.29, 0.717) is 25.5 Å². The molecule has 0 radical (unpaired) electrons. The molecule has 0 N–H and O–H groups in total. The van der Waals surface area contributed by atoms with Crippen LogP contribution in [0.3, 0.4) is 0 Å². The van der Waals surface area contributed by atoms with Crippen LogP contribution in [0.15, 0.2) is 53.4 Å². The van der Waals surface area contributed by atoms with Gasteiger partial charge in [-0.05, 0) is 100 Å². The highest BCUT2D eigenvalue weighted by molar-refractivity contribution is 14.1. The van der Waals surface area contributed by atoms with Crippen LogP contribution in [-0.2, 0) is 11.4 Å². The van der Waals surface area contributed by atoms with Gasteiger partial charge in [0.15, 0.2) is 11.5 Å². The number of nitrogens with zero attached hydrogens (tertiary/aromatic N) is 1. The number of carbonyl (C=O) groups is 2. The van der Waals surface area contributed by atoms with E-state index in [1.165, 1.54) is 24.1 Å². The van der Waals surface area contributed by atoms with Crippen molar-refractivity contribution < 1.29 is 28.2 Å². The van der Waals surface area contributed by atoms with Gasteiger partial charge >= 0.3 is 0 Å². The molecular formula is C30H28ClFINO5S. The van der Waals surface area contributed by atoms with E-state index in [4.69, 9.17) is 25.8 Å². The van der Waals surface area contributed by atoms with Crippen LogP contribution in [0.2, 0.25) is 5.02 Å². The number of ether oxygens (including phenoxy) is 3. The average Bonchev–Trinajstić information content (AvgIpc) is 3.16. The standard InChI is InChI=1S/C30H28ClFINO5S/c1-17(2)20-9-8-18(3)12-25(20)38-11-10-34-29(35)27(40-30(34)36)15-19-13-24(33)28(26(14-19)37-4)39-16-21-22(31)6-5-7-23(21)32/h5-9,12-15,17H,10-11,16H2,1-4H3/b27-15-. The number of hydrogen-bond donors (Lipinski definition) is 0. The normalized spacial score (nSPS) is 14.4. The Morgan fingerprint density at radius 2 is 1.88 bits per heavy atom. The molecule has 2 amide bonds. The fraction of sp³-hybridized carbons (Fsp3) is 0.267. The van der Waals surface area contributed by atoms with Crippen molar-refractivity contribution in [1.29, 1.82) is 0 Å². The highest BCUT2D eigenvalue weighted by Gasteiger charge is 2.35. The molecule has 0 aromatic heterocycles. The first kappa shape index (κ1) is 30.2. The monoisotopic (exact) mass is 695 g/mol. The zero-order valence-corrected chi connectivity index (χ0v) is 26.2. The highest BCUT2D eigenvalue weighted by atomic mass is 127. The molecule has 10 heteroatoms. The van der Waals surface area contributed by atoms with Crippen molar-refractivity contribution >= 4 is 63.2 Å². The lowest BCUT2D eigenvalue weighted by atomic mass is 10.0. The third-order valence-electron chi connectivity index (χ3n) is 6.21. The van der Waals surface area contributed by atoms with E-state index in [9.17, 15) is 14.0 Å². The predicted octanol–water partition coefficient (Wildman–Crippen LogP) is 8.22. The largest absolute Gasteiger partial charge is 0.493 e. The van der Waals surface area contributed by atoms with Gasteiger partial charge in [-0.15, -0.1) is 0 Å². The second kappa shape index (κ2) is 13.3. The van der Waals surface area contributed by atoms with Crippen LogP contribution in [0.5, 0.6) is 17.2 Å². The number of rotatable bonds is 10. The van der Waals surface area contributed by atoms with Gasteiger partial charge in [-0.2, -0.15) is 0 Å². The minimum absolute atomic E-state index is 0.0839. The summed E-state index contributed by atoms with van der Waals surface area (Å²) < 4.78 is 32.2. The van der Waals surface area contributed by atoms with E-state index in [2.05, 4.69) is 36.4 Å². The first-order valence-electron chi connectivity index (χ1n) is 12.5. The van der Waals surface area contributed by atoms with E-state index >= 15 is 0 Å². The number of halogens is 3. The second-order valence-corrected chi connectivity index (χ2v) is 12.0. The van der Waals surface area contributed by atoms with Crippen molar-refractivity contribution in [2.45, 2.75) is 33.3 Å². The number of imide groups is 1. The molecule has 3 aromatic carbocycles. The second-order valence-electron chi connectivity index (χ2n) is 9.40. The Bertz CT molecular complexity index is 1460. The Hall–Kier alpha value is -2.76. The third-order valence-corrected chi connectivity index (χ3v) is 8.27. The summed E-state index contributed by atoms with van der Waals surface area (Å²) in [4.78, 5) is 27.2. The summed E-state index contributed by atoms with van der Waals surface area (Å²) in [7, 11) is 1.49. The molecule has 6 nitrogen and oxygen atoms in total. The number of benzene rings is 3. The fourth-order valence-electron chi connectivity index (χ4n) is 4.11. The van der Waals surface area contributed by atoms with Crippen LogP contribution < -0.4 is 14.2 Å². The smallest absolute Gasteiger partial charge is 0.293 e. The Labute approximate surface area is 256 Å². The van der Waals surface area contributed by atoms with Gasteiger partial charge in [0.2, 0.25) is 0 Å². The molecule has 1 aliphatic heterocycles. The first-order chi connectivity index (χ1) is 19.1. The zero-order chi connectivity index (χ0) is 29.0. The summed E-state index contributed by atoms with van der Waals surface area (Å²) in [5.74, 6) is 1.02. The first-order valence-corrected chi connectivity index (χ1v) is 14.8. The van der Waals surface area contributed by atoms with Gasteiger partial charge in [0, 0.05) is 5.56 Å². The third kappa shape index (κ3) is 6.92.